The monoisotopic (exact) mass is 464 g/mol. The Balaban J connectivity index is 1.57. The number of ether oxygens (including phenoxy) is 1. The van der Waals surface area contributed by atoms with Crippen LogP contribution in [0.3, 0.4) is 0 Å². The van der Waals surface area contributed by atoms with Gasteiger partial charge in [0.25, 0.3) is 20.0 Å². The fourth-order valence-electron chi connectivity index (χ4n) is 3.31. The maximum Gasteiger partial charge on any atom is 0.261 e. The second-order valence-corrected chi connectivity index (χ2v) is 11.6. The number of rotatable bonds is 6. The van der Waals surface area contributed by atoms with Gasteiger partial charge in [-0.25, -0.2) is 16.8 Å². The van der Waals surface area contributed by atoms with E-state index in [2.05, 4.69) is 4.72 Å². The highest BCUT2D eigenvalue weighted by Gasteiger charge is 2.29. The van der Waals surface area contributed by atoms with Gasteiger partial charge in [-0.3, -0.25) is 4.72 Å². The summed E-state index contributed by atoms with van der Waals surface area (Å²) in [6.07, 6.45) is 0.575. The summed E-state index contributed by atoms with van der Waals surface area (Å²) in [6.45, 7) is 0.595. The number of sulfonamides is 2. The van der Waals surface area contributed by atoms with Crippen molar-refractivity contribution in [3.05, 3.63) is 71.1 Å². The molecule has 1 aliphatic heterocycles. The second-order valence-electron chi connectivity index (χ2n) is 6.79. The molecule has 1 N–H and O–H groups in total. The van der Waals surface area contributed by atoms with E-state index < -0.39 is 20.0 Å². The molecule has 2 heterocycles. The van der Waals surface area contributed by atoms with Crippen molar-refractivity contribution in [3.63, 3.8) is 0 Å². The van der Waals surface area contributed by atoms with Crippen LogP contribution in [0.2, 0.25) is 0 Å². The van der Waals surface area contributed by atoms with Crippen LogP contribution < -0.4 is 9.46 Å². The Hall–Kier alpha value is -2.40. The van der Waals surface area contributed by atoms with Crippen LogP contribution in [0.1, 0.15) is 11.1 Å². The van der Waals surface area contributed by atoms with Crippen LogP contribution in [0.25, 0.3) is 0 Å². The standard InChI is InChI=1S/C20H20N2O5S3/c1-27-18-6-8-19(9-7-18)29(23,24)21-17-5-4-15-10-11-22(14-16(15)13-17)30(25,26)20-3-2-12-28-20/h2-9,12-13,21H,10-11,14H2,1H3. The van der Waals surface area contributed by atoms with E-state index >= 15 is 0 Å². The lowest BCUT2D eigenvalue weighted by Crippen LogP contribution is -2.35. The average molecular weight is 465 g/mol. The Labute approximate surface area is 180 Å². The topological polar surface area (TPSA) is 92.8 Å². The summed E-state index contributed by atoms with van der Waals surface area (Å²) in [5.74, 6) is 0.565. The van der Waals surface area contributed by atoms with Crippen LogP contribution in [0.15, 0.2) is 69.1 Å². The lowest BCUT2D eigenvalue weighted by Gasteiger charge is -2.28. The fraction of sp³-hybridized carbons (Fsp3) is 0.200. The van der Waals surface area contributed by atoms with E-state index in [1.165, 1.54) is 34.9 Å². The average Bonchev–Trinajstić information content (AvgIpc) is 3.29. The van der Waals surface area contributed by atoms with Crippen molar-refractivity contribution in [2.24, 2.45) is 0 Å². The van der Waals surface area contributed by atoms with Crippen molar-refractivity contribution in [3.8, 4) is 5.75 Å². The van der Waals surface area contributed by atoms with Gasteiger partial charge >= 0.3 is 0 Å². The third kappa shape index (κ3) is 4.08. The first-order valence-electron chi connectivity index (χ1n) is 9.12. The number of hydrogen-bond donors (Lipinski definition) is 1. The summed E-state index contributed by atoms with van der Waals surface area (Å²) in [4.78, 5) is 0.114. The van der Waals surface area contributed by atoms with Crippen LogP contribution in [-0.4, -0.2) is 34.8 Å². The quantitative estimate of drug-likeness (QED) is 0.604. The third-order valence-corrected chi connectivity index (χ3v) is 9.51. The van der Waals surface area contributed by atoms with E-state index in [-0.39, 0.29) is 11.4 Å². The molecule has 1 aliphatic rings. The van der Waals surface area contributed by atoms with Gasteiger partial charge in [-0.1, -0.05) is 12.1 Å². The molecule has 0 unspecified atom stereocenters. The van der Waals surface area contributed by atoms with Gasteiger partial charge < -0.3 is 4.74 Å². The second kappa shape index (κ2) is 8.03. The summed E-state index contributed by atoms with van der Waals surface area (Å²) in [5, 5.41) is 1.73. The van der Waals surface area contributed by atoms with Crippen molar-refractivity contribution in [1.29, 1.82) is 0 Å². The minimum absolute atomic E-state index is 0.114. The first-order valence-corrected chi connectivity index (χ1v) is 12.9. The summed E-state index contributed by atoms with van der Waals surface area (Å²) in [6, 6.07) is 14.6. The fourth-order valence-corrected chi connectivity index (χ4v) is 6.92. The van der Waals surface area contributed by atoms with Gasteiger partial charge in [-0.05, 0) is 65.4 Å². The summed E-state index contributed by atoms with van der Waals surface area (Å²) in [5.41, 5.74) is 2.19. The van der Waals surface area contributed by atoms with E-state index in [1.54, 1.807) is 41.8 Å². The molecule has 2 aromatic carbocycles. The normalized spacial score (nSPS) is 14.8. The van der Waals surface area contributed by atoms with Gasteiger partial charge in [0.15, 0.2) is 0 Å². The molecule has 158 valence electrons. The molecule has 0 spiro atoms. The molecule has 7 nitrogen and oxygen atoms in total. The molecule has 30 heavy (non-hydrogen) atoms. The molecule has 0 atom stereocenters. The number of thiophene rings is 1. The predicted octanol–water partition coefficient (Wildman–Crippen LogP) is 3.30. The highest BCUT2D eigenvalue weighted by Crippen LogP contribution is 2.29. The molecule has 0 amide bonds. The Morgan fingerprint density at radius 3 is 2.43 bits per heavy atom. The number of methoxy groups -OCH3 is 1. The zero-order valence-electron chi connectivity index (χ0n) is 16.1. The first kappa shape index (κ1) is 20.9. The zero-order valence-corrected chi connectivity index (χ0v) is 18.6. The van der Waals surface area contributed by atoms with Crippen LogP contribution in [0, 0.1) is 0 Å². The lowest BCUT2D eigenvalue weighted by atomic mass is 10.0. The van der Waals surface area contributed by atoms with Crippen LogP contribution in [0.4, 0.5) is 5.69 Å². The first-order chi connectivity index (χ1) is 14.3. The molecule has 0 saturated carbocycles. The Kier molecular flexibility index (Phi) is 5.58. The third-order valence-electron chi connectivity index (χ3n) is 4.89. The van der Waals surface area contributed by atoms with E-state index in [9.17, 15) is 16.8 Å². The van der Waals surface area contributed by atoms with Crippen molar-refractivity contribution >= 4 is 37.1 Å². The van der Waals surface area contributed by atoms with Gasteiger partial charge in [-0.15, -0.1) is 11.3 Å². The van der Waals surface area contributed by atoms with Crippen molar-refractivity contribution in [2.75, 3.05) is 18.4 Å². The van der Waals surface area contributed by atoms with Gasteiger partial charge in [0.1, 0.15) is 9.96 Å². The molecular formula is C20H20N2O5S3. The van der Waals surface area contributed by atoms with Crippen molar-refractivity contribution in [2.45, 2.75) is 22.1 Å². The molecule has 0 bridgehead atoms. The smallest absolute Gasteiger partial charge is 0.261 e. The molecule has 0 saturated heterocycles. The number of benzene rings is 2. The Morgan fingerprint density at radius 1 is 1.00 bits per heavy atom. The number of fused-ring (bicyclic) bond motifs is 1. The highest BCUT2D eigenvalue weighted by molar-refractivity contribution is 7.92. The van der Waals surface area contributed by atoms with Crippen molar-refractivity contribution in [1.82, 2.24) is 4.31 Å². The number of nitrogens with zero attached hydrogens (tertiary/aromatic N) is 1. The minimum atomic E-state index is -3.78. The molecule has 0 radical (unpaired) electrons. The maximum atomic E-state index is 12.8. The van der Waals surface area contributed by atoms with E-state index in [0.717, 1.165) is 11.1 Å². The number of hydrogen-bond acceptors (Lipinski definition) is 6. The molecular weight excluding hydrogens is 444 g/mol. The summed E-state index contributed by atoms with van der Waals surface area (Å²) in [7, 11) is -5.82. The molecule has 4 rings (SSSR count). The van der Waals surface area contributed by atoms with Crippen molar-refractivity contribution < 1.29 is 21.6 Å². The van der Waals surface area contributed by atoms with E-state index in [0.29, 0.717) is 28.6 Å². The maximum absolute atomic E-state index is 12.8. The van der Waals surface area contributed by atoms with Gasteiger partial charge in [0.05, 0.1) is 12.0 Å². The minimum Gasteiger partial charge on any atom is -0.497 e. The van der Waals surface area contributed by atoms with Gasteiger partial charge in [-0.2, -0.15) is 4.31 Å². The SMILES string of the molecule is COc1ccc(S(=O)(=O)Nc2ccc3c(c2)CN(S(=O)(=O)c2cccs2)CC3)cc1. The lowest BCUT2D eigenvalue weighted by molar-refractivity contribution is 0.392. The molecule has 3 aromatic rings. The molecule has 0 aliphatic carbocycles. The summed E-state index contributed by atoms with van der Waals surface area (Å²) >= 11 is 1.19. The highest BCUT2D eigenvalue weighted by atomic mass is 32.2. The largest absolute Gasteiger partial charge is 0.497 e. The van der Waals surface area contributed by atoms with E-state index in [1.807, 2.05) is 6.07 Å². The molecule has 1 aromatic heterocycles. The Bertz CT molecular complexity index is 1250. The number of anilines is 1. The Morgan fingerprint density at radius 2 is 1.77 bits per heavy atom. The van der Waals surface area contributed by atoms with Crippen LogP contribution in [0.5, 0.6) is 5.75 Å². The molecule has 10 heteroatoms. The van der Waals surface area contributed by atoms with Crippen LogP contribution >= 0.6 is 11.3 Å². The molecule has 0 fully saturated rings. The van der Waals surface area contributed by atoms with Crippen LogP contribution in [-0.2, 0) is 33.0 Å². The zero-order chi connectivity index (χ0) is 21.4. The van der Waals surface area contributed by atoms with E-state index in [4.69, 9.17) is 4.74 Å². The number of nitrogens with one attached hydrogen (secondary N) is 1. The van der Waals surface area contributed by atoms with Gasteiger partial charge in [0, 0.05) is 18.8 Å². The summed E-state index contributed by atoms with van der Waals surface area (Å²) < 4.78 is 60.4. The van der Waals surface area contributed by atoms with Gasteiger partial charge in [0.2, 0.25) is 0 Å². The predicted molar refractivity (Wildman–Crippen MR) is 116 cm³/mol.